The van der Waals surface area contributed by atoms with Crippen LogP contribution in [0.25, 0.3) is 0 Å². The van der Waals surface area contributed by atoms with Gasteiger partial charge in [-0.3, -0.25) is 9.59 Å². The SMILES string of the molecule is CC[C@@H](C)C(=O)O[C@@H](/C=C/C=C/C#CC#C/C=C/CO)CCOC(C)=O. The van der Waals surface area contributed by atoms with Gasteiger partial charge in [0.15, 0.2) is 0 Å². The van der Waals surface area contributed by atoms with Crippen LogP contribution in [0.1, 0.15) is 33.6 Å². The van der Waals surface area contributed by atoms with Gasteiger partial charge in [0.25, 0.3) is 0 Å². The summed E-state index contributed by atoms with van der Waals surface area (Å²) in [6.07, 6.45) is 10.4. The molecule has 0 rings (SSSR count). The van der Waals surface area contributed by atoms with Crippen LogP contribution in [0.5, 0.6) is 0 Å². The molecule has 0 saturated carbocycles. The van der Waals surface area contributed by atoms with E-state index in [9.17, 15) is 9.59 Å². The molecule has 140 valence electrons. The fourth-order valence-corrected chi connectivity index (χ4v) is 1.50. The summed E-state index contributed by atoms with van der Waals surface area (Å²) < 4.78 is 10.3. The van der Waals surface area contributed by atoms with Gasteiger partial charge < -0.3 is 14.6 Å². The Morgan fingerprint density at radius 3 is 2.46 bits per heavy atom. The first-order valence-corrected chi connectivity index (χ1v) is 8.45. The maximum absolute atomic E-state index is 11.9. The molecule has 0 spiro atoms. The standard InChI is InChI=1S/C21H26O5/c1-4-18(2)21(24)26-20(15-17-25-19(3)23)14-12-10-8-6-5-7-9-11-13-16-22/h8,10-14,18,20,22H,4,15-17H2,1-3H3/b10-8+,13-11+,14-12+/t18-,20+/m1/s1. The highest BCUT2D eigenvalue weighted by molar-refractivity contribution is 5.72. The Balaban J connectivity index is 4.64. The molecule has 2 atom stereocenters. The third-order valence-electron chi connectivity index (χ3n) is 3.12. The van der Waals surface area contributed by atoms with Crippen LogP contribution in [0.3, 0.4) is 0 Å². The Kier molecular flexibility index (Phi) is 14.1. The first kappa shape index (κ1) is 23.2. The van der Waals surface area contributed by atoms with Crippen molar-refractivity contribution in [3.63, 3.8) is 0 Å². The molecule has 5 nitrogen and oxygen atoms in total. The zero-order valence-corrected chi connectivity index (χ0v) is 15.5. The summed E-state index contributed by atoms with van der Waals surface area (Å²) in [6.45, 7) is 5.19. The second kappa shape index (κ2) is 15.7. The van der Waals surface area contributed by atoms with E-state index in [4.69, 9.17) is 14.6 Å². The number of carbonyl (C=O) groups excluding carboxylic acids is 2. The Labute approximate surface area is 155 Å². The molecule has 0 amide bonds. The van der Waals surface area contributed by atoms with E-state index in [-0.39, 0.29) is 31.1 Å². The molecule has 5 heteroatoms. The molecular formula is C21H26O5. The van der Waals surface area contributed by atoms with E-state index in [2.05, 4.69) is 23.7 Å². The molecule has 0 aliphatic rings. The third-order valence-corrected chi connectivity index (χ3v) is 3.12. The van der Waals surface area contributed by atoms with Gasteiger partial charge in [-0.05, 0) is 36.5 Å². The van der Waals surface area contributed by atoms with Crippen LogP contribution in [0, 0.1) is 29.6 Å². The van der Waals surface area contributed by atoms with Crippen LogP contribution in [0.15, 0.2) is 36.5 Å². The minimum Gasteiger partial charge on any atom is -0.466 e. The number of rotatable bonds is 9. The van der Waals surface area contributed by atoms with E-state index < -0.39 is 6.10 Å². The molecule has 0 saturated heterocycles. The van der Waals surface area contributed by atoms with Crippen molar-refractivity contribution in [2.75, 3.05) is 13.2 Å². The van der Waals surface area contributed by atoms with Gasteiger partial charge in [-0.1, -0.05) is 43.9 Å². The molecule has 26 heavy (non-hydrogen) atoms. The number of aliphatic hydroxyl groups is 1. The van der Waals surface area contributed by atoms with Crippen LogP contribution in [-0.4, -0.2) is 36.4 Å². The lowest BCUT2D eigenvalue weighted by molar-refractivity contribution is -0.152. The Morgan fingerprint density at radius 1 is 1.15 bits per heavy atom. The second-order valence-electron chi connectivity index (χ2n) is 5.28. The fraction of sp³-hybridized carbons (Fsp3) is 0.429. The van der Waals surface area contributed by atoms with Gasteiger partial charge in [0.05, 0.1) is 19.1 Å². The van der Waals surface area contributed by atoms with Crippen LogP contribution in [-0.2, 0) is 19.1 Å². The molecule has 0 bridgehead atoms. The summed E-state index contributed by atoms with van der Waals surface area (Å²) in [5.41, 5.74) is 0. The third kappa shape index (κ3) is 13.7. The monoisotopic (exact) mass is 358 g/mol. The van der Waals surface area contributed by atoms with E-state index in [1.807, 2.05) is 6.92 Å². The number of hydrogen-bond donors (Lipinski definition) is 1. The molecule has 0 fully saturated rings. The van der Waals surface area contributed by atoms with Crippen LogP contribution in [0.4, 0.5) is 0 Å². The van der Waals surface area contributed by atoms with Gasteiger partial charge in [-0.25, -0.2) is 0 Å². The van der Waals surface area contributed by atoms with Crippen LogP contribution >= 0.6 is 0 Å². The number of ether oxygens (including phenoxy) is 2. The lowest BCUT2D eigenvalue weighted by Crippen LogP contribution is -2.22. The summed E-state index contributed by atoms with van der Waals surface area (Å²) in [4.78, 5) is 22.8. The average molecular weight is 358 g/mol. The summed E-state index contributed by atoms with van der Waals surface area (Å²) in [5, 5.41) is 8.53. The van der Waals surface area contributed by atoms with Crippen molar-refractivity contribution in [1.82, 2.24) is 0 Å². The van der Waals surface area contributed by atoms with E-state index in [1.165, 1.54) is 19.1 Å². The summed E-state index contributed by atoms with van der Waals surface area (Å²) >= 11 is 0. The molecule has 0 aromatic heterocycles. The maximum Gasteiger partial charge on any atom is 0.309 e. The minimum atomic E-state index is -0.475. The smallest absolute Gasteiger partial charge is 0.309 e. The van der Waals surface area contributed by atoms with Crippen molar-refractivity contribution in [3.05, 3.63) is 36.5 Å². The molecule has 0 aliphatic carbocycles. The highest BCUT2D eigenvalue weighted by Crippen LogP contribution is 2.09. The number of esters is 2. The van der Waals surface area contributed by atoms with Crippen LogP contribution < -0.4 is 0 Å². The highest BCUT2D eigenvalue weighted by Gasteiger charge is 2.17. The van der Waals surface area contributed by atoms with E-state index >= 15 is 0 Å². The molecular weight excluding hydrogens is 332 g/mol. The van der Waals surface area contributed by atoms with Gasteiger partial charge in [0.1, 0.15) is 6.10 Å². The van der Waals surface area contributed by atoms with E-state index in [1.54, 1.807) is 31.2 Å². The average Bonchev–Trinajstić information content (AvgIpc) is 2.61. The fourth-order valence-electron chi connectivity index (χ4n) is 1.50. The maximum atomic E-state index is 11.9. The van der Waals surface area contributed by atoms with Gasteiger partial charge in [0.2, 0.25) is 0 Å². The Hall–Kier alpha value is -2.76. The zero-order chi connectivity index (χ0) is 19.6. The van der Waals surface area contributed by atoms with Crippen molar-refractivity contribution in [2.24, 2.45) is 5.92 Å². The molecule has 0 aromatic rings. The topological polar surface area (TPSA) is 72.8 Å². The Bertz CT molecular complexity index is 635. The highest BCUT2D eigenvalue weighted by atomic mass is 16.6. The molecule has 0 heterocycles. The van der Waals surface area contributed by atoms with Crippen molar-refractivity contribution in [3.8, 4) is 23.7 Å². The zero-order valence-electron chi connectivity index (χ0n) is 15.5. The predicted octanol–water partition coefficient (Wildman–Crippen LogP) is 2.57. The minimum absolute atomic E-state index is 0.0486. The summed E-state index contributed by atoms with van der Waals surface area (Å²) in [6, 6.07) is 0. The van der Waals surface area contributed by atoms with Crippen molar-refractivity contribution in [2.45, 2.75) is 39.7 Å². The second-order valence-corrected chi connectivity index (χ2v) is 5.28. The van der Waals surface area contributed by atoms with Gasteiger partial charge >= 0.3 is 11.9 Å². The first-order chi connectivity index (χ1) is 12.5. The normalized spacial score (nSPS) is 12.9. The van der Waals surface area contributed by atoms with Crippen molar-refractivity contribution in [1.29, 1.82) is 0 Å². The number of hydrogen-bond acceptors (Lipinski definition) is 5. The molecule has 0 radical (unpaired) electrons. The number of allylic oxidation sites excluding steroid dienone is 4. The van der Waals surface area contributed by atoms with Gasteiger partial charge in [-0.2, -0.15) is 0 Å². The largest absolute Gasteiger partial charge is 0.466 e. The summed E-state index contributed by atoms with van der Waals surface area (Å²) in [5.74, 6) is 9.78. The first-order valence-electron chi connectivity index (χ1n) is 8.45. The van der Waals surface area contributed by atoms with Gasteiger partial charge in [0, 0.05) is 13.3 Å². The lowest BCUT2D eigenvalue weighted by atomic mass is 10.1. The number of aliphatic hydroxyl groups excluding tert-OH is 1. The molecule has 0 aliphatic heterocycles. The van der Waals surface area contributed by atoms with Crippen molar-refractivity contribution >= 4 is 11.9 Å². The van der Waals surface area contributed by atoms with Crippen LogP contribution in [0.2, 0.25) is 0 Å². The molecule has 0 unspecified atom stereocenters. The van der Waals surface area contributed by atoms with Crippen molar-refractivity contribution < 1.29 is 24.2 Å². The molecule has 1 N–H and O–H groups in total. The molecule has 0 aromatic carbocycles. The quantitative estimate of drug-likeness (QED) is 0.390. The number of carbonyl (C=O) groups is 2. The predicted molar refractivity (Wildman–Crippen MR) is 101 cm³/mol. The Morgan fingerprint density at radius 2 is 1.85 bits per heavy atom. The van der Waals surface area contributed by atoms with E-state index in [0.717, 1.165) is 0 Å². The summed E-state index contributed by atoms with van der Waals surface area (Å²) in [7, 11) is 0. The lowest BCUT2D eigenvalue weighted by Gasteiger charge is -2.16. The van der Waals surface area contributed by atoms with E-state index in [0.29, 0.717) is 12.8 Å². The van der Waals surface area contributed by atoms with Gasteiger partial charge in [-0.15, -0.1) is 0 Å².